The van der Waals surface area contributed by atoms with Crippen LogP contribution >= 0.6 is 0 Å². The molecule has 0 aliphatic carbocycles. The number of fused-ring (bicyclic) bond motifs is 1. The molecule has 22 heavy (non-hydrogen) atoms. The van der Waals surface area contributed by atoms with Crippen molar-refractivity contribution in [2.24, 2.45) is 0 Å². The lowest BCUT2D eigenvalue weighted by Gasteiger charge is -2.26. The Balaban J connectivity index is 1.74. The first kappa shape index (κ1) is 14.2. The van der Waals surface area contributed by atoms with E-state index in [-0.39, 0.29) is 11.9 Å². The standard InChI is InChI=1S/C18H17N3O/c1-13(21-10-9-15-6-2-3-8-17(15)21)18(22)20-16-7-4-5-14(11-16)12-19/h2-8,11,13H,9-10H2,1H3,(H,20,22)/t13-/m1/s1. The van der Waals surface area contributed by atoms with Gasteiger partial charge in [-0.15, -0.1) is 0 Å². The van der Waals surface area contributed by atoms with Crippen molar-refractivity contribution in [3.05, 3.63) is 59.7 Å². The van der Waals surface area contributed by atoms with Crippen LogP contribution in [0.15, 0.2) is 48.5 Å². The van der Waals surface area contributed by atoms with Crippen LogP contribution < -0.4 is 10.2 Å². The third-order valence-electron chi connectivity index (χ3n) is 4.03. The Morgan fingerprint density at radius 1 is 1.27 bits per heavy atom. The second-order valence-electron chi connectivity index (χ2n) is 5.43. The highest BCUT2D eigenvalue weighted by atomic mass is 16.2. The lowest BCUT2D eigenvalue weighted by atomic mass is 10.1. The molecule has 0 bridgehead atoms. The van der Waals surface area contributed by atoms with Gasteiger partial charge in [-0.05, 0) is 43.2 Å². The molecule has 0 saturated heterocycles. The van der Waals surface area contributed by atoms with Gasteiger partial charge in [-0.3, -0.25) is 4.79 Å². The summed E-state index contributed by atoms with van der Waals surface area (Å²) < 4.78 is 0. The highest BCUT2D eigenvalue weighted by Crippen LogP contribution is 2.29. The Bertz CT molecular complexity index is 748. The summed E-state index contributed by atoms with van der Waals surface area (Å²) >= 11 is 0. The number of carbonyl (C=O) groups excluding carboxylic acids is 1. The summed E-state index contributed by atoms with van der Waals surface area (Å²) in [6.07, 6.45) is 0.970. The van der Waals surface area contributed by atoms with Gasteiger partial charge in [0.25, 0.3) is 0 Å². The molecule has 0 fully saturated rings. The van der Waals surface area contributed by atoms with E-state index in [1.54, 1.807) is 24.3 Å². The minimum Gasteiger partial charge on any atom is -0.359 e. The van der Waals surface area contributed by atoms with E-state index < -0.39 is 0 Å². The van der Waals surface area contributed by atoms with Crippen molar-refractivity contribution in [3.63, 3.8) is 0 Å². The largest absolute Gasteiger partial charge is 0.359 e. The molecule has 0 spiro atoms. The lowest BCUT2D eigenvalue weighted by Crippen LogP contribution is -2.41. The van der Waals surface area contributed by atoms with E-state index >= 15 is 0 Å². The molecular formula is C18H17N3O. The topological polar surface area (TPSA) is 56.1 Å². The van der Waals surface area contributed by atoms with Crippen molar-refractivity contribution >= 4 is 17.3 Å². The number of carbonyl (C=O) groups is 1. The predicted molar refractivity (Wildman–Crippen MR) is 86.7 cm³/mol. The monoisotopic (exact) mass is 291 g/mol. The molecule has 0 aromatic heterocycles. The summed E-state index contributed by atoms with van der Waals surface area (Å²) in [5.74, 6) is -0.0632. The zero-order valence-corrected chi connectivity index (χ0v) is 12.4. The summed E-state index contributed by atoms with van der Waals surface area (Å²) in [6.45, 7) is 2.76. The van der Waals surface area contributed by atoms with Crippen molar-refractivity contribution in [3.8, 4) is 6.07 Å². The van der Waals surface area contributed by atoms with Crippen LogP contribution in [0.3, 0.4) is 0 Å². The maximum absolute atomic E-state index is 12.5. The number of rotatable bonds is 3. The van der Waals surface area contributed by atoms with Gasteiger partial charge < -0.3 is 10.2 Å². The molecule has 0 saturated carbocycles. The number of nitriles is 1. The number of nitrogens with zero attached hydrogens (tertiary/aromatic N) is 2. The number of benzene rings is 2. The zero-order valence-electron chi connectivity index (χ0n) is 12.4. The molecule has 0 radical (unpaired) electrons. The van der Waals surface area contributed by atoms with E-state index in [2.05, 4.69) is 28.4 Å². The van der Waals surface area contributed by atoms with Gasteiger partial charge in [-0.2, -0.15) is 5.26 Å². The normalized spacial score (nSPS) is 14.1. The van der Waals surface area contributed by atoms with Gasteiger partial charge in [0.05, 0.1) is 11.6 Å². The molecule has 1 amide bonds. The minimum atomic E-state index is -0.255. The first-order valence-electron chi connectivity index (χ1n) is 7.34. The molecule has 3 rings (SSSR count). The van der Waals surface area contributed by atoms with Crippen LogP contribution in [-0.4, -0.2) is 18.5 Å². The summed E-state index contributed by atoms with van der Waals surface area (Å²) in [5, 5.41) is 11.8. The maximum atomic E-state index is 12.5. The third-order valence-corrected chi connectivity index (χ3v) is 4.03. The first-order chi connectivity index (χ1) is 10.7. The van der Waals surface area contributed by atoms with Crippen LogP contribution in [0.4, 0.5) is 11.4 Å². The smallest absolute Gasteiger partial charge is 0.246 e. The van der Waals surface area contributed by atoms with E-state index in [1.807, 2.05) is 19.1 Å². The van der Waals surface area contributed by atoms with Crippen molar-refractivity contribution in [1.82, 2.24) is 0 Å². The molecule has 1 N–H and O–H groups in total. The summed E-state index contributed by atoms with van der Waals surface area (Å²) in [6, 6.07) is 17.0. The quantitative estimate of drug-likeness (QED) is 0.946. The summed E-state index contributed by atoms with van der Waals surface area (Å²) in [4.78, 5) is 14.6. The number of hydrogen-bond acceptors (Lipinski definition) is 3. The van der Waals surface area contributed by atoms with Crippen LogP contribution in [0, 0.1) is 11.3 Å². The summed E-state index contributed by atoms with van der Waals surface area (Å²) in [7, 11) is 0. The van der Waals surface area contributed by atoms with Crippen molar-refractivity contribution in [2.75, 3.05) is 16.8 Å². The average molecular weight is 291 g/mol. The number of anilines is 2. The Morgan fingerprint density at radius 3 is 2.91 bits per heavy atom. The zero-order chi connectivity index (χ0) is 15.5. The SMILES string of the molecule is C[C@H](C(=O)Nc1cccc(C#N)c1)N1CCc2ccccc21. The second-order valence-corrected chi connectivity index (χ2v) is 5.43. The molecule has 2 aromatic rings. The number of amides is 1. The molecule has 1 heterocycles. The van der Waals surface area contributed by atoms with Crippen LogP contribution in [0.5, 0.6) is 0 Å². The number of hydrogen-bond donors (Lipinski definition) is 1. The molecule has 110 valence electrons. The van der Waals surface area contributed by atoms with Crippen LogP contribution in [0.25, 0.3) is 0 Å². The molecule has 2 aromatic carbocycles. The Morgan fingerprint density at radius 2 is 2.09 bits per heavy atom. The number of nitrogens with one attached hydrogen (secondary N) is 1. The molecule has 4 nitrogen and oxygen atoms in total. The highest BCUT2D eigenvalue weighted by molar-refractivity contribution is 5.97. The molecule has 4 heteroatoms. The van der Waals surface area contributed by atoms with E-state index in [1.165, 1.54) is 5.56 Å². The van der Waals surface area contributed by atoms with Crippen LogP contribution in [0.1, 0.15) is 18.1 Å². The Hall–Kier alpha value is -2.80. The van der Waals surface area contributed by atoms with Gasteiger partial charge in [0.15, 0.2) is 0 Å². The Labute approximate surface area is 130 Å². The summed E-state index contributed by atoms with van der Waals surface area (Å²) in [5.41, 5.74) is 3.62. The van der Waals surface area contributed by atoms with Crippen molar-refractivity contribution in [2.45, 2.75) is 19.4 Å². The van der Waals surface area contributed by atoms with Crippen LogP contribution in [0.2, 0.25) is 0 Å². The van der Waals surface area contributed by atoms with Gasteiger partial charge in [-0.1, -0.05) is 24.3 Å². The van der Waals surface area contributed by atoms with Crippen molar-refractivity contribution in [1.29, 1.82) is 5.26 Å². The van der Waals surface area contributed by atoms with Gasteiger partial charge in [0.1, 0.15) is 6.04 Å². The van der Waals surface area contributed by atoms with E-state index in [9.17, 15) is 4.79 Å². The second kappa shape index (κ2) is 5.90. The number of para-hydroxylation sites is 1. The van der Waals surface area contributed by atoms with Crippen molar-refractivity contribution < 1.29 is 4.79 Å². The fraction of sp³-hybridized carbons (Fsp3) is 0.222. The third kappa shape index (κ3) is 2.66. The molecule has 1 aliphatic heterocycles. The predicted octanol–water partition coefficient (Wildman–Crippen LogP) is 2.95. The van der Waals surface area contributed by atoms with E-state index in [0.717, 1.165) is 18.7 Å². The van der Waals surface area contributed by atoms with Crippen LogP contribution in [-0.2, 0) is 11.2 Å². The Kier molecular flexibility index (Phi) is 3.80. The average Bonchev–Trinajstić information content (AvgIpc) is 2.98. The van der Waals surface area contributed by atoms with E-state index in [0.29, 0.717) is 11.3 Å². The van der Waals surface area contributed by atoms with E-state index in [4.69, 9.17) is 5.26 Å². The first-order valence-corrected chi connectivity index (χ1v) is 7.34. The molecule has 0 unspecified atom stereocenters. The maximum Gasteiger partial charge on any atom is 0.246 e. The molecule has 1 atom stereocenters. The van der Waals surface area contributed by atoms with Gasteiger partial charge in [-0.25, -0.2) is 0 Å². The fourth-order valence-electron chi connectivity index (χ4n) is 2.82. The van der Waals surface area contributed by atoms with Gasteiger partial charge in [0.2, 0.25) is 5.91 Å². The highest BCUT2D eigenvalue weighted by Gasteiger charge is 2.27. The molecule has 1 aliphatic rings. The molecular weight excluding hydrogens is 274 g/mol. The van der Waals surface area contributed by atoms with Gasteiger partial charge >= 0.3 is 0 Å². The minimum absolute atomic E-state index is 0.0632. The van der Waals surface area contributed by atoms with Gasteiger partial charge in [0, 0.05) is 17.9 Å². The lowest BCUT2D eigenvalue weighted by molar-refractivity contribution is -0.117. The fourth-order valence-corrected chi connectivity index (χ4v) is 2.82.